The summed E-state index contributed by atoms with van der Waals surface area (Å²) in [6, 6.07) is 13.2. The van der Waals surface area contributed by atoms with Crippen LogP contribution in [0.2, 0.25) is 0 Å². The highest BCUT2D eigenvalue weighted by Gasteiger charge is 2.47. The molecule has 1 aliphatic carbocycles. The van der Waals surface area contributed by atoms with Gasteiger partial charge in [0, 0.05) is 21.8 Å². The lowest BCUT2D eigenvalue weighted by atomic mass is 9.70. The molecule has 7 heteroatoms. The van der Waals surface area contributed by atoms with Crippen molar-refractivity contribution in [3.8, 4) is 0 Å². The molecule has 4 rings (SSSR count). The summed E-state index contributed by atoms with van der Waals surface area (Å²) in [4.78, 5) is 40.1. The van der Waals surface area contributed by atoms with Gasteiger partial charge in [0.25, 0.3) is 0 Å². The van der Waals surface area contributed by atoms with Crippen molar-refractivity contribution in [2.75, 3.05) is 7.11 Å². The van der Waals surface area contributed by atoms with Gasteiger partial charge in [0.2, 0.25) is 0 Å². The molecule has 2 aromatic rings. The maximum Gasteiger partial charge on any atom is 0.337 e. The zero-order valence-electron chi connectivity index (χ0n) is 18.2. The topological polar surface area (TPSA) is 81.7 Å². The predicted octanol–water partition coefficient (Wildman–Crippen LogP) is 4.10. The van der Waals surface area contributed by atoms with E-state index < -0.39 is 23.8 Å². The van der Waals surface area contributed by atoms with Gasteiger partial charge in [-0.2, -0.15) is 0 Å². The number of rotatable bonds is 5. The van der Waals surface area contributed by atoms with Crippen LogP contribution in [0.15, 0.2) is 70.4 Å². The van der Waals surface area contributed by atoms with E-state index in [2.05, 4.69) is 5.32 Å². The van der Waals surface area contributed by atoms with Crippen LogP contribution in [0.4, 0.5) is 0 Å². The normalized spacial score (nSPS) is 22.8. The van der Waals surface area contributed by atoms with Crippen molar-refractivity contribution < 1.29 is 23.9 Å². The van der Waals surface area contributed by atoms with Crippen LogP contribution in [0.1, 0.15) is 36.6 Å². The van der Waals surface area contributed by atoms with Crippen LogP contribution in [-0.2, 0) is 30.5 Å². The maximum atomic E-state index is 13.6. The molecule has 166 valence electrons. The molecule has 1 aliphatic heterocycles. The second-order valence-corrected chi connectivity index (χ2v) is 9.09. The van der Waals surface area contributed by atoms with E-state index in [9.17, 15) is 14.4 Å². The maximum absolute atomic E-state index is 13.6. The third-order valence-corrected chi connectivity index (χ3v) is 6.94. The first-order chi connectivity index (χ1) is 15.4. The number of dihydropyridines is 1. The molecule has 2 aliphatic rings. The summed E-state index contributed by atoms with van der Waals surface area (Å²) >= 11 is 1.47. The van der Waals surface area contributed by atoms with E-state index in [1.165, 1.54) is 18.4 Å². The van der Waals surface area contributed by atoms with Gasteiger partial charge in [-0.05, 0) is 36.3 Å². The minimum Gasteiger partial charge on any atom is -0.468 e. The standard InChI is InChI=1S/C25H25NO5S/c1-14-12-17-21(23(27)19(14)24(28)30-3)22(18-10-7-11-32-18)20(15(2)26-17)25(29)31-13-16-8-5-4-6-9-16/h4-11,14,19,22,26H,12-13H2,1-3H3/t14-,19-,22-/m0/s1. The van der Waals surface area contributed by atoms with Crippen molar-refractivity contribution in [3.63, 3.8) is 0 Å². The van der Waals surface area contributed by atoms with Gasteiger partial charge in [0.15, 0.2) is 5.78 Å². The fourth-order valence-electron chi connectivity index (χ4n) is 4.49. The molecule has 0 fully saturated rings. The minimum absolute atomic E-state index is 0.134. The average Bonchev–Trinajstić information content (AvgIpc) is 3.31. The van der Waals surface area contributed by atoms with E-state index in [1.54, 1.807) is 0 Å². The number of nitrogens with one attached hydrogen (secondary N) is 1. The molecule has 0 saturated heterocycles. The van der Waals surface area contributed by atoms with Crippen LogP contribution in [0, 0.1) is 11.8 Å². The second kappa shape index (κ2) is 9.12. The van der Waals surface area contributed by atoms with Crippen LogP contribution in [0.5, 0.6) is 0 Å². The Morgan fingerprint density at radius 1 is 1.16 bits per heavy atom. The van der Waals surface area contributed by atoms with Gasteiger partial charge in [0.1, 0.15) is 12.5 Å². The quantitative estimate of drug-likeness (QED) is 0.544. The summed E-state index contributed by atoms with van der Waals surface area (Å²) in [6.07, 6.45) is 0.520. The number of methoxy groups -OCH3 is 1. The summed E-state index contributed by atoms with van der Waals surface area (Å²) in [5.74, 6) is -2.99. The SMILES string of the molecule is COC(=O)[C@@H]1C(=O)C2=C(C[C@@H]1C)NC(C)=C(C(=O)OCc1ccccc1)[C@@H]2c1cccs1. The molecule has 0 bridgehead atoms. The van der Waals surface area contributed by atoms with E-state index in [-0.39, 0.29) is 18.3 Å². The van der Waals surface area contributed by atoms with Crippen molar-refractivity contribution in [3.05, 3.63) is 80.8 Å². The van der Waals surface area contributed by atoms with Crippen LogP contribution in [-0.4, -0.2) is 24.8 Å². The number of carbonyl (C=O) groups is 3. The van der Waals surface area contributed by atoms with Gasteiger partial charge >= 0.3 is 11.9 Å². The largest absolute Gasteiger partial charge is 0.468 e. The zero-order valence-corrected chi connectivity index (χ0v) is 19.0. The molecular weight excluding hydrogens is 426 g/mol. The number of carbonyl (C=O) groups excluding carboxylic acids is 3. The first-order valence-electron chi connectivity index (χ1n) is 10.5. The highest BCUT2D eigenvalue weighted by atomic mass is 32.1. The number of hydrogen-bond donors (Lipinski definition) is 1. The van der Waals surface area contributed by atoms with E-state index in [4.69, 9.17) is 9.47 Å². The summed E-state index contributed by atoms with van der Waals surface area (Å²) in [5, 5.41) is 5.18. The van der Waals surface area contributed by atoms with Gasteiger partial charge in [-0.3, -0.25) is 9.59 Å². The summed E-state index contributed by atoms with van der Waals surface area (Å²) in [6.45, 7) is 3.83. The Balaban J connectivity index is 1.72. The molecule has 0 saturated carbocycles. The Hall–Kier alpha value is -3.19. The molecule has 2 heterocycles. The molecule has 32 heavy (non-hydrogen) atoms. The molecule has 0 spiro atoms. The van der Waals surface area contributed by atoms with Gasteiger partial charge in [0.05, 0.1) is 18.6 Å². The lowest BCUT2D eigenvalue weighted by molar-refractivity contribution is -0.151. The lowest BCUT2D eigenvalue weighted by Crippen LogP contribution is -2.43. The Bertz CT molecular complexity index is 1100. The number of hydrogen-bond acceptors (Lipinski definition) is 7. The smallest absolute Gasteiger partial charge is 0.337 e. The number of ether oxygens (including phenoxy) is 2. The number of allylic oxidation sites excluding steroid dienone is 3. The highest BCUT2D eigenvalue weighted by molar-refractivity contribution is 7.10. The zero-order chi connectivity index (χ0) is 22.8. The summed E-state index contributed by atoms with van der Waals surface area (Å²) < 4.78 is 10.6. The fourth-order valence-corrected chi connectivity index (χ4v) is 5.34. The average molecular weight is 452 g/mol. The van der Waals surface area contributed by atoms with E-state index in [0.717, 1.165) is 16.1 Å². The molecule has 0 radical (unpaired) electrons. The molecule has 1 aromatic heterocycles. The molecular formula is C25H25NO5S. The molecule has 1 N–H and O–H groups in total. The van der Waals surface area contributed by atoms with Gasteiger partial charge in [-0.15, -0.1) is 11.3 Å². The Morgan fingerprint density at radius 3 is 2.56 bits per heavy atom. The fraction of sp³-hybridized carbons (Fsp3) is 0.320. The van der Waals surface area contributed by atoms with E-state index >= 15 is 0 Å². The third kappa shape index (κ3) is 4.00. The molecule has 0 unspecified atom stereocenters. The Morgan fingerprint density at radius 2 is 1.91 bits per heavy atom. The lowest BCUT2D eigenvalue weighted by Gasteiger charge is -2.37. The molecule has 0 amide bonds. The predicted molar refractivity (Wildman–Crippen MR) is 120 cm³/mol. The number of esters is 2. The van der Waals surface area contributed by atoms with Crippen molar-refractivity contribution in [2.45, 2.75) is 32.8 Å². The van der Waals surface area contributed by atoms with Crippen LogP contribution < -0.4 is 5.32 Å². The Kier molecular flexibility index (Phi) is 6.28. The van der Waals surface area contributed by atoms with Crippen molar-refractivity contribution >= 4 is 29.1 Å². The molecule has 3 atom stereocenters. The van der Waals surface area contributed by atoms with Gasteiger partial charge in [-0.1, -0.05) is 43.3 Å². The van der Waals surface area contributed by atoms with Crippen molar-refractivity contribution in [1.29, 1.82) is 0 Å². The summed E-state index contributed by atoms with van der Waals surface area (Å²) in [7, 11) is 1.29. The summed E-state index contributed by atoms with van der Waals surface area (Å²) in [5.41, 5.74) is 3.16. The molecule has 1 aromatic carbocycles. The van der Waals surface area contributed by atoms with Crippen LogP contribution in [0.3, 0.4) is 0 Å². The first kappa shape index (κ1) is 22.0. The van der Waals surface area contributed by atoms with Gasteiger partial charge in [-0.25, -0.2) is 4.79 Å². The van der Waals surface area contributed by atoms with Crippen molar-refractivity contribution in [2.24, 2.45) is 11.8 Å². The third-order valence-electron chi connectivity index (χ3n) is 6.00. The number of Topliss-reactive ketones (excluding diaryl/α,β-unsaturated/α-hetero) is 1. The monoisotopic (exact) mass is 451 g/mol. The number of ketones is 1. The van der Waals surface area contributed by atoms with Gasteiger partial charge < -0.3 is 14.8 Å². The number of thiophene rings is 1. The van der Waals surface area contributed by atoms with E-state index in [0.29, 0.717) is 23.3 Å². The molecule has 6 nitrogen and oxygen atoms in total. The highest BCUT2D eigenvalue weighted by Crippen LogP contribution is 2.46. The van der Waals surface area contributed by atoms with E-state index in [1.807, 2.05) is 61.7 Å². The number of benzene rings is 1. The first-order valence-corrected chi connectivity index (χ1v) is 11.4. The van der Waals surface area contributed by atoms with Crippen molar-refractivity contribution in [1.82, 2.24) is 5.32 Å². The minimum atomic E-state index is -0.886. The second-order valence-electron chi connectivity index (χ2n) is 8.11. The van der Waals surface area contributed by atoms with Crippen LogP contribution >= 0.6 is 11.3 Å². The van der Waals surface area contributed by atoms with Crippen LogP contribution in [0.25, 0.3) is 0 Å². The Labute approximate surface area is 190 Å².